The molecular formula is C12H20O2. The van der Waals surface area contributed by atoms with Crippen LogP contribution in [-0.4, -0.2) is 5.97 Å². The average Bonchev–Trinajstić information content (AvgIpc) is 2.11. The van der Waals surface area contributed by atoms with E-state index in [-0.39, 0.29) is 5.97 Å². The quantitative estimate of drug-likeness (QED) is 0.291. The zero-order chi connectivity index (χ0) is 11.0. The number of hydrogen-bond donors (Lipinski definition) is 0. The Hall–Kier alpha value is -1.05. The monoisotopic (exact) mass is 196 g/mol. The van der Waals surface area contributed by atoms with E-state index in [1.165, 1.54) is 19.8 Å². The highest BCUT2D eigenvalue weighted by Gasteiger charge is 1.97. The molecule has 0 aliphatic heterocycles. The van der Waals surface area contributed by atoms with E-state index < -0.39 is 0 Å². The first-order valence-electron chi connectivity index (χ1n) is 5.10. The third-order valence-corrected chi connectivity index (χ3v) is 1.94. The normalized spacial score (nSPS) is 12.9. The molecule has 0 bridgehead atoms. The minimum atomic E-state index is -0.260. The molecule has 0 spiro atoms. The molecule has 14 heavy (non-hydrogen) atoms. The molecule has 0 radical (unpaired) electrons. The number of ether oxygens (including phenoxy) is 1. The molecule has 80 valence electrons. The van der Waals surface area contributed by atoms with Gasteiger partial charge in [0.25, 0.3) is 0 Å². The third kappa shape index (κ3) is 6.46. The predicted octanol–water partition coefficient (Wildman–Crippen LogP) is 3.59. The van der Waals surface area contributed by atoms with Crippen molar-refractivity contribution in [2.75, 3.05) is 0 Å². The number of carbonyl (C=O) groups is 1. The van der Waals surface area contributed by atoms with E-state index in [0.29, 0.717) is 5.76 Å². The van der Waals surface area contributed by atoms with Gasteiger partial charge in [0.1, 0.15) is 5.76 Å². The summed E-state index contributed by atoms with van der Waals surface area (Å²) in [7, 11) is 0. The lowest BCUT2D eigenvalue weighted by Gasteiger charge is -2.02. The summed E-state index contributed by atoms with van der Waals surface area (Å²) >= 11 is 0. The van der Waals surface area contributed by atoms with Gasteiger partial charge in [-0.25, -0.2) is 0 Å². The van der Waals surface area contributed by atoms with Gasteiger partial charge < -0.3 is 4.74 Å². The zero-order valence-electron chi connectivity index (χ0n) is 9.59. The maximum absolute atomic E-state index is 10.7. The van der Waals surface area contributed by atoms with Crippen molar-refractivity contribution in [1.82, 2.24) is 0 Å². The first-order chi connectivity index (χ1) is 6.57. The van der Waals surface area contributed by atoms with Crippen LogP contribution in [-0.2, 0) is 9.53 Å². The van der Waals surface area contributed by atoms with Crippen LogP contribution in [0.4, 0.5) is 0 Å². The van der Waals surface area contributed by atoms with Gasteiger partial charge in [0.05, 0.1) is 0 Å². The summed E-state index contributed by atoms with van der Waals surface area (Å²) < 4.78 is 4.96. The lowest BCUT2D eigenvalue weighted by atomic mass is 10.2. The second-order valence-corrected chi connectivity index (χ2v) is 3.38. The molecular weight excluding hydrogens is 176 g/mol. The molecule has 0 aromatic heterocycles. The van der Waals surface area contributed by atoms with Gasteiger partial charge in [-0.15, -0.1) is 0 Å². The van der Waals surface area contributed by atoms with E-state index in [1.54, 1.807) is 6.92 Å². The summed E-state index contributed by atoms with van der Waals surface area (Å²) in [5, 5.41) is 0. The van der Waals surface area contributed by atoms with Crippen molar-refractivity contribution >= 4 is 5.97 Å². The Morgan fingerprint density at radius 3 is 2.43 bits per heavy atom. The molecule has 0 fully saturated rings. The molecule has 0 N–H and O–H groups in total. The number of unbranched alkanes of at least 4 members (excludes halogenated alkanes) is 2. The molecule has 0 heterocycles. The summed E-state index contributed by atoms with van der Waals surface area (Å²) in [5.41, 5.74) is 1.01. The molecule has 0 atom stereocenters. The minimum absolute atomic E-state index is 0.260. The maximum atomic E-state index is 10.7. The average molecular weight is 196 g/mol. The van der Waals surface area contributed by atoms with Crippen LogP contribution in [0.2, 0.25) is 0 Å². The summed E-state index contributed by atoms with van der Waals surface area (Å²) in [4.78, 5) is 10.7. The van der Waals surface area contributed by atoms with Crippen molar-refractivity contribution < 1.29 is 9.53 Å². The van der Waals surface area contributed by atoms with Crippen LogP contribution in [0.3, 0.4) is 0 Å². The van der Waals surface area contributed by atoms with E-state index in [1.807, 2.05) is 13.0 Å². The van der Waals surface area contributed by atoms with E-state index in [2.05, 4.69) is 13.0 Å². The van der Waals surface area contributed by atoms with E-state index in [0.717, 1.165) is 12.0 Å². The van der Waals surface area contributed by atoms with Gasteiger partial charge in [-0.1, -0.05) is 31.9 Å². The van der Waals surface area contributed by atoms with Crippen molar-refractivity contribution in [1.29, 1.82) is 0 Å². The van der Waals surface area contributed by atoms with Crippen molar-refractivity contribution in [3.8, 4) is 0 Å². The topological polar surface area (TPSA) is 26.3 Å². The SMILES string of the molecule is CCCC/C=C/C(C)=C(\C)OC(C)=O. The number of rotatable bonds is 5. The number of esters is 1. The molecule has 0 rings (SSSR count). The van der Waals surface area contributed by atoms with E-state index >= 15 is 0 Å². The molecule has 0 saturated carbocycles. The maximum Gasteiger partial charge on any atom is 0.307 e. The van der Waals surface area contributed by atoms with Crippen LogP contribution in [0.25, 0.3) is 0 Å². The summed E-state index contributed by atoms with van der Waals surface area (Å²) in [6, 6.07) is 0. The van der Waals surface area contributed by atoms with Crippen LogP contribution >= 0.6 is 0 Å². The second kappa shape index (κ2) is 7.36. The molecule has 0 aliphatic rings. The van der Waals surface area contributed by atoms with Crippen LogP contribution in [0, 0.1) is 0 Å². The molecule has 0 amide bonds. The number of allylic oxidation sites excluding steroid dienone is 4. The predicted molar refractivity (Wildman–Crippen MR) is 58.8 cm³/mol. The highest BCUT2D eigenvalue weighted by Crippen LogP contribution is 2.08. The van der Waals surface area contributed by atoms with Crippen LogP contribution in [0.1, 0.15) is 47.0 Å². The Labute approximate surface area is 86.6 Å². The van der Waals surface area contributed by atoms with Gasteiger partial charge >= 0.3 is 5.97 Å². The Bertz CT molecular complexity index is 237. The lowest BCUT2D eigenvalue weighted by Crippen LogP contribution is -1.97. The molecule has 2 nitrogen and oxygen atoms in total. The van der Waals surface area contributed by atoms with Crippen LogP contribution in [0.5, 0.6) is 0 Å². The molecule has 2 heteroatoms. The minimum Gasteiger partial charge on any atom is -0.431 e. The highest BCUT2D eigenvalue weighted by molar-refractivity contribution is 5.67. The fourth-order valence-corrected chi connectivity index (χ4v) is 0.996. The lowest BCUT2D eigenvalue weighted by molar-refractivity contribution is -0.136. The first-order valence-corrected chi connectivity index (χ1v) is 5.10. The van der Waals surface area contributed by atoms with Crippen LogP contribution < -0.4 is 0 Å². The molecule has 0 aromatic carbocycles. The molecule has 0 aromatic rings. The van der Waals surface area contributed by atoms with Crippen molar-refractivity contribution in [2.45, 2.75) is 47.0 Å². The summed E-state index contributed by atoms with van der Waals surface area (Å²) in [6.07, 6.45) is 7.62. The van der Waals surface area contributed by atoms with E-state index in [4.69, 9.17) is 4.74 Å². The highest BCUT2D eigenvalue weighted by atomic mass is 16.5. The standard InChI is InChI=1S/C12H20O2/c1-5-6-7-8-9-10(2)11(3)14-12(4)13/h8-9H,5-7H2,1-4H3/b9-8+,11-10+. The Morgan fingerprint density at radius 1 is 1.29 bits per heavy atom. The van der Waals surface area contributed by atoms with Gasteiger partial charge in [-0.3, -0.25) is 4.79 Å². The van der Waals surface area contributed by atoms with Crippen molar-refractivity contribution in [2.24, 2.45) is 0 Å². The zero-order valence-corrected chi connectivity index (χ0v) is 9.59. The van der Waals surface area contributed by atoms with Crippen molar-refractivity contribution in [3.05, 3.63) is 23.5 Å². The van der Waals surface area contributed by atoms with Crippen molar-refractivity contribution in [3.63, 3.8) is 0 Å². The fourth-order valence-electron chi connectivity index (χ4n) is 0.996. The van der Waals surface area contributed by atoms with Gasteiger partial charge in [-0.05, 0) is 25.8 Å². The Kier molecular flexibility index (Phi) is 6.81. The Morgan fingerprint density at radius 2 is 1.93 bits per heavy atom. The van der Waals surface area contributed by atoms with E-state index in [9.17, 15) is 4.79 Å². The van der Waals surface area contributed by atoms with Crippen LogP contribution in [0.15, 0.2) is 23.5 Å². The third-order valence-electron chi connectivity index (χ3n) is 1.94. The fraction of sp³-hybridized carbons (Fsp3) is 0.583. The Balaban J connectivity index is 4.08. The summed E-state index contributed by atoms with van der Waals surface area (Å²) in [5.74, 6) is 0.425. The van der Waals surface area contributed by atoms with Gasteiger partial charge in [0.2, 0.25) is 0 Å². The molecule has 0 aliphatic carbocycles. The smallest absolute Gasteiger partial charge is 0.307 e. The number of hydrogen-bond acceptors (Lipinski definition) is 2. The first kappa shape index (κ1) is 12.9. The second-order valence-electron chi connectivity index (χ2n) is 3.38. The largest absolute Gasteiger partial charge is 0.431 e. The summed E-state index contributed by atoms with van der Waals surface area (Å²) in [6.45, 7) is 7.33. The van der Waals surface area contributed by atoms with Gasteiger partial charge in [0.15, 0.2) is 0 Å². The molecule has 0 unspecified atom stereocenters. The van der Waals surface area contributed by atoms with Gasteiger partial charge in [-0.2, -0.15) is 0 Å². The number of carbonyl (C=O) groups excluding carboxylic acids is 1. The van der Waals surface area contributed by atoms with Gasteiger partial charge in [0, 0.05) is 6.92 Å². The molecule has 0 saturated heterocycles.